The molecule has 0 radical (unpaired) electrons. The minimum absolute atomic E-state index is 0.0845. The summed E-state index contributed by atoms with van der Waals surface area (Å²) in [6, 6.07) is 3.28. The fourth-order valence-corrected chi connectivity index (χ4v) is 6.32. The van der Waals surface area contributed by atoms with Gasteiger partial charge in [0.1, 0.15) is 17.4 Å². The Morgan fingerprint density at radius 2 is 1.85 bits per heavy atom. The number of carbonyl (C=O) groups excluding carboxylic acids is 3. The molecule has 176 valence electrons. The van der Waals surface area contributed by atoms with Gasteiger partial charge in [0.2, 0.25) is 5.91 Å². The number of phenolic OH excluding ortho intramolecular Hbond substituents is 1. The molecule has 0 aromatic heterocycles. The van der Waals surface area contributed by atoms with Gasteiger partial charge < -0.3 is 26.2 Å². The van der Waals surface area contributed by atoms with Crippen molar-refractivity contribution in [2.24, 2.45) is 23.5 Å². The van der Waals surface area contributed by atoms with Gasteiger partial charge in [-0.25, -0.2) is 0 Å². The molecular formula is C24H28N2O7. The van der Waals surface area contributed by atoms with E-state index in [-0.39, 0.29) is 29.7 Å². The molecule has 1 saturated heterocycles. The van der Waals surface area contributed by atoms with Crippen molar-refractivity contribution in [2.75, 3.05) is 13.1 Å². The zero-order valence-electron chi connectivity index (χ0n) is 18.2. The van der Waals surface area contributed by atoms with E-state index in [2.05, 4.69) is 4.90 Å². The van der Waals surface area contributed by atoms with Crippen LogP contribution in [0.15, 0.2) is 23.5 Å². The first-order chi connectivity index (χ1) is 15.6. The summed E-state index contributed by atoms with van der Waals surface area (Å²) in [5.41, 5.74) is 4.43. The molecule has 3 aliphatic carbocycles. The number of rotatable bonds is 3. The van der Waals surface area contributed by atoms with Crippen LogP contribution in [0.5, 0.6) is 5.75 Å². The van der Waals surface area contributed by atoms with E-state index in [1.807, 2.05) is 6.07 Å². The number of phenols is 1. The van der Waals surface area contributed by atoms with E-state index in [0.717, 1.165) is 37.1 Å². The first-order valence-electron chi connectivity index (χ1n) is 11.4. The van der Waals surface area contributed by atoms with Crippen molar-refractivity contribution in [3.63, 3.8) is 0 Å². The number of likely N-dealkylation sites (tertiary alicyclic amines) is 1. The van der Waals surface area contributed by atoms with E-state index >= 15 is 0 Å². The number of carbonyl (C=O) groups is 3. The van der Waals surface area contributed by atoms with Gasteiger partial charge in [0, 0.05) is 18.0 Å². The van der Waals surface area contributed by atoms with Crippen molar-refractivity contribution < 1.29 is 34.8 Å². The quantitative estimate of drug-likeness (QED) is 0.407. The smallest absolute Gasteiger partial charge is 0.230 e. The number of nitrogens with two attached hydrogens (primary N) is 1. The Labute approximate surface area is 190 Å². The highest BCUT2D eigenvalue weighted by Crippen LogP contribution is 2.51. The predicted molar refractivity (Wildman–Crippen MR) is 115 cm³/mol. The Kier molecular flexibility index (Phi) is 5.11. The summed E-state index contributed by atoms with van der Waals surface area (Å²) in [6.07, 6.45) is 1.29. The molecule has 33 heavy (non-hydrogen) atoms. The van der Waals surface area contributed by atoms with Gasteiger partial charge in [0.15, 0.2) is 17.2 Å². The summed E-state index contributed by atoms with van der Waals surface area (Å²) in [4.78, 5) is 40.6. The number of nitrogens with zero attached hydrogens (tertiary/aromatic N) is 1. The van der Waals surface area contributed by atoms with Gasteiger partial charge in [-0.05, 0) is 68.3 Å². The second kappa shape index (κ2) is 7.65. The lowest BCUT2D eigenvalue weighted by molar-refractivity contribution is -0.167. The number of aliphatic hydroxyl groups is 3. The summed E-state index contributed by atoms with van der Waals surface area (Å²) in [7, 11) is 0. The summed E-state index contributed by atoms with van der Waals surface area (Å²) >= 11 is 0. The fourth-order valence-electron chi connectivity index (χ4n) is 6.32. The van der Waals surface area contributed by atoms with Gasteiger partial charge in [-0.1, -0.05) is 6.07 Å². The first-order valence-corrected chi connectivity index (χ1v) is 11.4. The molecule has 1 aromatic carbocycles. The average Bonchev–Trinajstić information content (AvgIpc) is 3.25. The third-order valence-electron chi connectivity index (χ3n) is 7.96. The lowest BCUT2D eigenvalue weighted by Crippen LogP contribution is -2.63. The number of hydrogen-bond donors (Lipinski definition) is 5. The molecule has 2 unspecified atom stereocenters. The van der Waals surface area contributed by atoms with E-state index < -0.39 is 52.7 Å². The molecule has 1 aliphatic heterocycles. The summed E-state index contributed by atoms with van der Waals surface area (Å²) in [6.45, 7) is 2.59. The van der Waals surface area contributed by atoms with Crippen molar-refractivity contribution in [1.82, 2.24) is 4.90 Å². The van der Waals surface area contributed by atoms with Crippen LogP contribution in [0, 0.1) is 17.8 Å². The van der Waals surface area contributed by atoms with Crippen molar-refractivity contribution in [2.45, 2.75) is 50.4 Å². The largest absolute Gasteiger partial charge is 0.508 e. The van der Waals surface area contributed by atoms with Gasteiger partial charge in [-0.3, -0.25) is 19.3 Å². The maximum atomic E-state index is 13.5. The third kappa shape index (κ3) is 3.13. The number of amides is 1. The SMILES string of the molecule is NC(=O)C1C(=O)[C@@]2(O)C(O)=C3C(=O)c4c(O)ccc(CN5CCCC5)c4C[C@H]3C[C@H]2CC1O. The van der Waals surface area contributed by atoms with Crippen LogP contribution >= 0.6 is 0 Å². The Bertz CT molecular complexity index is 1090. The lowest BCUT2D eigenvalue weighted by Gasteiger charge is -2.48. The molecule has 1 heterocycles. The van der Waals surface area contributed by atoms with Crippen LogP contribution in [-0.4, -0.2) is 67.6 Å². The number of ketones is 2. The number of fused-ring (bicyclic) bond motifs is 3. The van der Waals surface area contributed by atoms with E-state index in [9.17, 15) is 34.8 Å². The maximum absolute atomic E-state index is 13.5. The highest BCUT2D eigenvalue weighted by molar-refractivity contribution is 6.15. The van der Waals surface area contributed by atoms with Gasteiger partial charge in [-0.2, -0.15) is 0 Å². The minimum Gasteiger partial charge on any atom is -0.508 e. The lowest BCUT2D eigenvalue weighted by atomic mass is 9.57. The molecule has 6 N–H and O–H groups in total. The Hall–Kier alpha value is -2.75. The Balaban J connectivity index is 1.60. The first kappa shape index (κ1) is 22.1. The number of Topliss-reactive ketones (excluding diaryl/α,β-unsaturated/α-hetero) is 2. The number of primary amides is 1. The van der Waals surface area contributed by atoms with Gasteiger partial charge in [0.05, 0.1) is 11.7 Å². The zero-order valence-corrected chi connectivity index (χ0v) is 18.2. The Morgan fingerprint density at radius 1 is 1.15 bits per heavy atom. The number of allylic oxidation sites excluding steroid dienone is 1. The van der Waals surface area contributed by atoms with Crippen LogP contribution < -0.4 is 5.73 Å². The van der Waals surface area contributed by atoms with Crippen LogP contribution in [0.3, 0.4) is 0 Å². The average molecular weight is 456 g/mol. The van der Waals surface area contributed by atoms with E-state index in [1.165, 1.54) is 6.07 Å². The number of hydrogen-bond acceptors (Lipinski definition) is 8. The fraction of sp³-hybridized carbons (Fsp3) is 0.542. The second-order valence-electron chi connectivity index (χ2n) is 9.82. The maximum Gasteiger partial charge on any atom is 0.230 e. The third-order valence-corrected chi connectivity index (χ3v) is 7.96. The molecule has 1 amide bonds. The molecule has 9 nitrogen and oxygen atoms in total. The van der Waals surface area contributed by atoms with Crippen LogP contribution in [0.25, 0.3) is 0 Å². The van der Waals surface area contributed by atoms with E-state index in [0.29, 0.717) is 13.0 Å². The topological polar surface area (TPSA) is 161 Å². The standard InChI is InChI=1S/C24H28N2O7/c25-23(32)19-16(28)9-13-7-12-8-14-11(10-26-5-1-2-6-26)3-4-15(27)18(14)20(29)17(12)21(30)24(13,33)22(19)31/h3-4,12-13,16,19,27-28,30,33H,1-2,5-10H2,(H2,25,32)/t12-,13+,16?,19?,24+/m1/s1. The number of aromatic hydroxyl groups is 1. The predicted octanol–water partition coefficient (Wildman–Crippen LogP) is 0.341. The van der Waals surface area contributed by atoms with Gasteiger partial charge >= 0.3 is 0 Å². The molecule has 0 bridgehead atoms. The van der Waals surface area contributed by atoms with Crippen LogP contribution in [0.4, 0.5) is 0 Å². The van der Waals surface area contributed by atoms with Crippen molar-refractivity contribution >= 4 is 17.5 Å². The summed E-state index contributed by atoms with van der Waals surface area (Å²) in [5.74, 6) is -6.83. The highest BCUT2D eigenvalue weighted by atomic mass is 16.3. The Morgan fingerprint density at radius 3 is 2.52 bits per heavy atom. The highest BCUT2D eigenvalue weighted by Gasteiger charge is 2.62. The molecule has 9 heteroatoms. The molecule has 2 fully saturated rings. The van der Waals surface area contributed by atoms with Crippen LogP contribution in [0.2, 0.25) is 0 Å². The second-order valence-corrected chi connectivity index (χ2v) is 9.82. The van der Waals surface area contributed by atoms with Crippen LogP contribution in [-0.2, 0) is 22.6 Å². The normalized spacial score (nSPS) is 34.1. The molecule has 1 saturated carbocycles. The molecule has 5 atom stereocenters. The summed E-state index contributed by atoms with van der Waals surface area (Å²) < 4.78 is 0. The summed E-state index contributed by atoms with van der Waals surface area (Å²) in [5, 5.41) is 43.2. The monoisotopic (exact) mass is 456 g/mol. The molecular weight excluding hydrogens is 428 g/mol. The van der Waals surface area contributed by atoms with E-state index in [1.54, 1.807) is 0 Å². The number of benzene rings is 1. The van der Waals surface area contributed by atoms with Gasteiger partial charge in [0.25, 0.3) is 0 Å². The zero-order chi connectivity index (χ0) is 23.7. The molecule has 4 aliphatic rings. The van der Waals surface area contributed by atoms with Crippen molar-refractivity contribution in [3.8, 4) is 5.75 Å². The van der Waals surface area contributed by atoms with Crippen LogP contribution in [0.1, 0.15) is 47.2 Å². The van der Waals surface area contributed by atoms with E-state index in [4.69, 9.17) is 5.73 Å². The number of aliphatic hydroxyl groups excluding tert-OH is 2. The molecule has 0 spiro atoms. The van der Waals surface area contributed by atoms with Gasteiger partial charge in [-0.15, -0.1) is 0 Å². The van der Waals surface area contributed by atoms with Crippen molar-refractivity contribution in [1.29, 1.82) is 0 Å². The van der Waals surface area contributed by atoms with Crippen molar-refractivity contribution in [3.05, 3.63) is 40.2 Å². The molecule has 5 rings (SSSR count). The minimum atomic E-state index is -2.47. The molecule has 1 aromatic rings.